The van der Waals surface area contributed by atoms with Gasteiger partial charge in [-0.1, -0.05) is 32.0 Å². The third-order valence-corrected chi connectivity index (χ3v) is 6.94. The van der Waals surface area contributed by atoms with E-state index < -0.39 is 0 Å². The molecule has 0 saturated carbocycles. The predicted octanol–water partition coefficient (Wildman–Crippen LogP) is 6.18. The Bertz CT molecular complexity index is 1300. The molecule has 2 atom stereocenters. The fourth-order valence-corrected chi connectivity index (χ4v) is 5.29. The highest BCUT2D eigenvalue weighted by Crippen LogP contribution is 2.43. The standard InChI is InChI=1S/C28H29N5S/c1-18(2)21-10-12-22(13-11-21)33-27(26(31-28(33)34)25-9-5-6-15-30-25)24-16-19(3)32(20(24)4)23-8-7-14-29-17-23/h5-18,26-27H,1-4H3,(H,31,34)/t26-,27+/m1/s1. The van der Waals surface area contributed by atoms with E-state index in [2.05, 4.69) is 94.9 Å². The molecule has 0 aliphatic carbocycles. The first kappa shape index (κ1) is 22.3. The molecule has 4 aromatic rings. The average Bonchev–Trinajstić information content (AvgIpc) is 3.35. The van der Waals surface area contributed by atoms with Crippen LogP contribution in [0.4, 0.5) is 5.69 Å². The maximum atomic E-state index is 5.91. The number of thiocarbonyl (C=S) groups is 1. The van der Waals surface area contributed by atoms with E-state index in [4.69, 9.17) is 12.2 Å². The minimum Gasteiger partial charge on any atom is -0.351 e. The van der Waals surface area contributed by atoms with Crippen molar-refractivity contribution in [3.63, 3.8) is 0 Å². The molecular weight excluding hydrogens is 438 g/mol. The first-order valence-corrected chi connectivity index (χ1v) is 12.1. The first-order chi connectivity index (χ1) is 16.5. The number of benzene rings is 1. The third kappa shape index (κ3) is 3.88. The van der Waals surface area contributed by atoms with E-state index in [1.165, 1.54) is 16.8 Å². The molecule has 1 saturated heterocycles. The Morgan fingerprint density at radius 1 is 0.941 bits per heavy atom. The van der Waals surface area contributed by atoms with Gasteiger partial charge >= 0.3 is 0 Å². The Morgan fingerprint density at radius 2 is 1.74 bits per heavy atom. The number of rotatable bonds is 5. The van der Waals surface area contributed by atoms with Crippen molar-refractivity contribution in [3.05, 3.63) is 107 Å². The van der Waals surface area contributed by atoms with Crippen molar-refractivity contribution in [2.75, 3.05) is 4.90 Å². The summed E-state index contributed by atoms with van der Waals surface area (Å²) in [5, 5.41) is 4.29. The zero-order chi connectivity index (χ0) is 23.8. The maximum absolute atomic E-state index is 5.91. The molecule has 34 heavy (non-hydrogen) atoms. The van der Waals surface area contributed by atoms with E-state index in [0.29, 0.717) is 11.0 Å². The lowest BCUT2D eigenvalue weighted by Crippen LogP contribution is -2.29. The molecule has 3 aromatic heterocycles. The fraction of sp³-hybridized carbons (Fsp3) is 0.250. The van der Waals surface area contributed by atoms with Crippen LogP contribution in [0.3, 0.4) is 0 Å². The SMILES string of the molecule is Cc1cc([C@H]2[C@@H](c3ccccn3)NC(=S)N2c2ccc(C(C)C)cc2)c(C)n1-c1cccnc1. The van der Waals surface area contributed by atoms with Gasteiger partial charge in [0.2, 0.25) is 0 Å². The molecular formula is C28H29N5S. The molecule has 0 unspecified atom stereocenters. The molecule has 1 fully saturated rings. The summed E-state index contributed by atoms with van der Waals surface area (Å²) in [5.41, 5.74) is 7.98. The number of aryl methyl sites for hydroxylation is 1. The Balaban J connectivity index is 1.65. The normalized spacial score (nSPS) is 17.9. The molecule has 1 aromatic carbocycles. The Kier molecular flexibility index (Phi) is 5.92. The van der Waals surface area contributed by atoms with Crippen LogP contribution in [0, 0.1) is 13.8 Å². The molecule has 0 amide bonds. The third-order valence-electron chi connectivity index (χ3n) is 6.63. The van der Waals surface area contributed by atoms with Crippen molar-refractivity contribution in [3.8, 4) is 5.69 Å². The second kappa shape index (κ2) is 9.03. The van der Waals surface area contributed by atoms with Crippen LogP contribution < -0.4 is 10.2 Å². The van der Waals surface area contributed by atoms with Gasteiger partial charge in [-0.3, -0.25) is 9.97 Å². The van der Waals surface area contributed by atoms with Gasteiger partial charge in [0.25, 0.3) is 0 Å². The number of hydrogen-bond donors (Lipinski definition) is 1. The second-order valence-corrected chi connectivity index (χ2v) is 9.50. The van der Waals surface area contributed by atoms with Gasteiger partial charge in [0.05, 0.1) is 29.7 Å². The Morgan fingerprint density at radius 3 is 2.38 bits per heavy atom. The van der Waals surface area contributed by atoms with Crippen LogP contribution in [0.5, 0.6) is 0 Å². The lowest BCUT2D eigenvalue weighted by Gasteiger charge is -2.28. The van der Waals surface area contributed by atoms with Crippen LogP contribution in [0.25, 0.3) is 5.69 Å². The zero-order valence-electron chi connectivity index (χ0n) is 19.9. The fourth-order valence-electron chi connectivity index (χ4n) is 4.94. The quantitative estimate of drug-likeness (QED) is 0.355. The number of hydrogen-bond acceptors (Lipinski definition) is 3. The molecule has 1 aliphatic rings. The summed E-state index contributed by atoms with van der Waals surface area (Å²) in [6.07, 6.45) is 5.55. The van der Waals surface area contributed by atoms with Crippen molar-refractivity contribution < 1.29 is 0 Å². The highest BCUT2D eigenvalue weighted by molar-refractivity contribution is 7.80. The molecule has 1 aliphatic heterocycles. The maximum Gasteiger partial charge on any atom is 0.174 e. The average molecular weight is 468 g/mol. The van der Waals surface area contributed by atoms with Crippen LogP contribution in [0.2, 0.25) is 0 Å². The van der Waals surface area contributed by atoms with Crippen LogP contribution in [0.1, 0.15) is 60.1 Å². The molecule has 4 heterocycles. The summed E-state index contributed by atoms with van der Waals surface area (Å²) in [7, 11) is 0. The number of pyridine rings is 2. The van der Waals surface area contributed by atoms with Crippen LogP contribution >= 0.6 is 12.2 Å². The van der Waals surface area contributed by atoms with Crippen molar-refractivity contribution in [2.24, 2.45) is 0 Å². The molecule has 1 N–H and O–H groups in total. The number of aromatic nitrogens is 3. The molecule has 6 heteroatoms. The summed E-state index contributed by atoms with van der Waals surface area (Å²) in [6, 6.07) is 21.0. The van der Waals surface area contributed by atoms with Gasteiger partial charge in [-0.2, -0.15) is 0 Å². The minimum absolute atomic E-state index is 0.0380. The van der Waals surface area contributed by atoms with Gasteiger partial charge in [-0.25, -0.2) is 0 Å². The van der Waals surface area contributed by atoms with Crippen molar-refractivity contribution in [1.82, 2.24) is 19.9 Å². The molecule has 0 bridgehead atoms. The number of anilines is 1. The highest BCUT2D eigenvalue weighted by atomic mass is 32.1. The first-order valence-electron chi connectivity index (χ1n) is 11.7. The highest BCUT2D eigenvalue weighted by Gasteiger charge is 2.42. The molecule has 0 spiro atoms. The summed E-state index contributed by atoms with van der Waals surface area (Å²) in [5.74, 6) is 0.480. The van der Waals surface area contributed by atoms with Crippen molar-refractivity contribution in [2.45, 2.75) is 45.7 Å². The number of nitrogens with one attached hydrogen (secondary N) is 1. The van der Waals surface area contributed by atoms with Crippen LogP contribution in [-0.4, -0.2) is 19.6 Å². The smallest absolute Gasteiger partial charge is 0.174 e. The van der Waals surface area contributed by atoms with Gasteiger partial charge in [-0.15, -0.1) is 0 Å². The minimum atomic E-state index is -0.0682. The largest absolute Gasteiger partial charge is 0.351 e. The van der Waals surface area contributed by atoms with E-state index >= 15 is 0 Å². The monoisotopic (exact) mass is 467 g/mol. The van der Waals surface area contributed by atoms with Gasteiger partial charge in [0, 0.05) is 29.5 Å². The van der Waals surface area contributed by atoms with Crippen molar-refractivity contribution >= 4 is 23.0 Å². The second-order valence-electron chi connectivity index (χ2n) is 9.12. The van der Waals surface area contributed by atoms with Gasteiger partial charge in [-0.05, 0) is 85.6 Å². The Labute approximate surface area is 206 Å². The lowest BCUT2D eigenvalue weighted by molar-refractivity contribution is 0.565. The van der Waals surface area contributed by atoms with Gasteiger partial charge in [0.1, 0.15) is 0 Å². The van der Waals surface area contributed by atoms with E-state index in [-0.39, 0.29) is 12.1 Å². The van der Waals surface area contributed by atoms with E-state index in [1.807, 2.05) is 30.6 Å². The van der Waals surface area contributed by atoms with Crippen LogP contribution in [0.15, 0.2) is 79.3 Å². The van der Waals surface area contributed by atoms with Gasteiger partial charge in [0.15, 0.2) is 5.11 Å². The topological polar surface area (TPSA) is 46.0 Å². The summed E-state index contributed by atoms with van der Waals surface area (Å²) in [6.45, 7) is 8.74. The van der Waals surface area contributed by atoms with Crippen LogP contribution in [-0.2, 0) is 0 Å². The summed E-state index contributed by atoms with van der Waals surface area (Å²) < 4.78 is 2.26. The zero-order valence-corrected chi connectivity index (χ0v) is 20.8. The molecule has 172 valence electrons. The lowest BCUT2D eigenvalue weighted by atomic mass is 9.96. The molecule has 0 radical (unpaired) electrons. The van der Waals surface area contributed by atoms with E-state index in [0.717, 1.165) is 22.8 Å². The number of nitrogens with zero attached hydrogens (tertiary/aromatic N) is 4. The van der Waals surface area contributed by atoms with Crippen molar-refractivity contribution in [1.29, 1.82) is 0 Å². The summed E-state index contributed by atoms with van der Waals surface area (Å²) in [4.78, 5) is 11.3. The van der Waals surface area contributed by atoms with E-state index in [9.17, 15) is 0 Å². The molecule has 5 rings (SSSR count). The Hall–Kier alpha value is -3.51. The van der Waals surface area contributed by atoms with E-state index in [1.54, 1.807) is 6.20 Å². The summed E-state index contributed by atoms with van der Waals surface area (Å²) >= 11 is 5.91. The predicted molar refractivity (Wildman–Crippen MR) is 142 cm³/mol. The van der Waals surface area contributed by atoms with Gasteiger partial charge < -0.3 is 14.8 Å². The molecule has 5 nitrogen and oxygen atoms in total.